The standard InChI is InChI=1S/C84H138N30O22S3/c1-10-46(8)67-81(135)101-54(29-49-31-91-39-95-49)72(126)105-59(68(85)122)35-137-23-17-63(119)111-40-112-42-113(41-111)65(121)19-25-139-37-61(106-73(127)53(28-48-30-90-38-94-48)100-75(129)56(32-115)103-69(123)50(14-11-20-92-83(86)87)98-80(134)66(45(6)7)107-77(131)60(96-47(9)118)36-138-24-18-64(112)120)78(132)110-109-58(34-117)76(130)104-57(33-116)74(128)99-52(26-43(2)3)71(125)102-55(27-44(4)5)82(136)114-22-13-16-62(114)79(133)97-51(70(124)108-67)15-12-21-93-84(88)89/h30-31,38-39,43-46,50-62,66-67,109,115-117H,10-29,32-37,40-42H2,1-9H3,(H2,85,122)(H,90,94)(H,91,95)(H,96,118)(H,97,133)(H,98,134)(H,99,128)(H,100,129)(H,101,135)(H,102,125)(H,103,123)(H,104,130)(H,105,126)(H,106,127)(H,107,131)(H,108,124)(H,110,132)(H4,86,87,92)(H4,88,89,93)/t46-,50-,51-,52-,53-,54-,55-,56-,57-,58-,59-,60-,61-,62-,66-,67-/m0/s1. The third-order valence-corrected chi connectivity index (χ3v) is 26.0. The van der Waals surface area contributed by atoms with Crippen LogP contribution in [0.4, 0.5) is 0 Å². The summed E-state index contributed by atoms with van der Waals surface area (Å²) in [5, 5.41) is 86.5. The number of fused-ring (bicyclic) bond motifs is 8. The number of hydrogen-bond donors (Lipinski definition) is 27. The van der Waals surface area contributed by atoms with Gasteiger partial charge in [-0.2, -0.15) is 35.3 Å². The van der Waals surface area contributed by atoms with Crippen LogP contribution in [0.2, 0.25) is 0 Å². The van der Waals surface area contributed by atoms with Gasteiger partial charge in [0.25, 0.3) is 5.91 Å². The topological polar surface area (TPSA) is 786 Å². The van der Waals surface area contributed by atoms with Gasteiger partial charge in [-0.15, -0.1) is 0 Å². The van der Waals surface area contributed by atoms with E-state index in [0.29, 0.717) is 0 Å². The summed E-state index contributed by atoms with van der Waals surface area (Å²) in [5.41, 5.74) is 22.0. The first-order valence-corrected chi connectivity index (χ1v) is 49.5. The van der Waals surface area contributed by atoms with Crippen LogP contribution in [0.15, 0.2) is 25.0 Å². The first-order valence-electron chi connectivity index (χ1n) is 46.0. The molecular weight excluding hydrogens is 1880 g/mol. The Kier molecular flexibility index (Phi) is 48.7. The molecule has 4 saturated heterocycles. The molecule has 0 radical (unpaired) electrons. The van der Waals surface area contributed by atoms with E-state index in [1.54, 1.807) is 55.4 Å². The summed E-state index contributed by atoms with van der Waals surface area (Å²) in [7, 11) is 0. The second-order valence-electron chi connectivity index (χ2n) is 35.2. The van der Waals surface area contributed by atoms with E-state index in [4.69, 9.17) is 28.0 Å². The second-order valence-corrected chi connectivity index (χ2v) is 38.7. The largest absolute Gasteiger partial charge is 0.394 e. The molecule has 6 heterocycles. The average Bonchev–Trinajstić information content (AvgIpc) is 1.03. The minimum Gasteiger partial charge on any atom is -0.394 e. The van der Waals surface area contributed by atoms with Gasteiger partial charge in [0.05, 0.1) is 63.9 Å². The van der Waals surface area contributed by atoms with Crippen molar-refractivity contribution >= 4 is 159 Å². The number of hydrogen-bond acceptors (Lipinski definition) is 30. The van der Waals surface area contributed by atoms with Crippen molar-refractivity contribution in [1.82, 2.24) is 130 Å². The van der Waals surface area contributed by atoms with Gasteiger partial charge in [-0.3, -0.25) is 107 Å². The number of aromatic nitrogens is 4. The van der Waals surface area contributed by atoms with Crippen molar-refractivity contribution < 1.29 is 106 Å². The van der Waals surface area contributed by atoms with E-state index < -0.39 is 285 Å². The number of rotatable bonds is 24. The number of aromatic amines is 2. The van der Waals surface area contributed by atoms with E-state index >= 15 is 4.79 Å². The lowest BCUT2D eigenvalue weighted by Crippen LogP contribution is -2.63. The number of carbonyl (C=O) groups excluding carboxylic acids is 19. The number of primary amides is 1. The summed E-state index contributed by atoms with van der Waals surface area (Å²) in [6.45, 7) is 9.89. The summed E-state index contributed by atoms with van der Waals surface area (Å²) in [6, 6.07) is -23.7. The van der Waals surface area contributed by atoms with E-state index in [1.807, 2.05) is 0 Å². The third kappa shape index (κ3) is 38.5. The van der Waals surface area contributed by atoms with Crippen LogP contribution in [0.5, 0.6) is 0 Å². The molecule has 4 aliphatic heterocycles. The number of guanidine groups is 2. The lowest BCUT2D eigenvalue weighted by atomic mass is 9.96. The predicted molar refractivity (Wildman–Crippen MR) is 508 cm³/mol. The van der Waals surface area contributed by atoms with Crippen LogP contribution in [0.3, 0.4) is 0 Å². The van der Waals surface area contributed by atoms with Crippen molar-refractivity contribution in [1.29, 1.82) is 10.8 Å². The number of nitrogens with two attached hydrogens (primary N) is 3. The number of H-pyrrole nitrogens is 2. The normalized spacial score (nSPS) is 26.1. The van der Waals surface area contributed by atoms with Crippen LogP contribution < -0.4 is 108 Å². The molecule has 4 bridgehead atoms. The quantitative estimate of drug-likeness (QED) is 0.0264. The van der Waals surface area contributed by atoms with Crippen molar-refractivity contribution in [2.24, 2.45) is 40.9 Å². The molecule has 30 N–H and O–H groups in total. The molecule has 4 aliphatic rings. The third-order valence-electron chi connectivity index (χ3n) is 22.8. The van der Waals surface area contributed by atoms with Gasteiger partial charge in [0.2, 0.25) is 106 Å². The van der Waals surface area contributed by atoms with E-state index in [2.05, 4.69) is 111 Å². The lowest BCUT2D eigenvalue weighted by molar-refractivity contribution is -0.158. The van der Waals surface area contributed by atoms with Gasteiger partial charge < -0.3 is 142 Å². The van der Waals surface area contributed by atoms with Gasteiger partial charge in [-0.25, -0.2) is 15.4 Å². The molecule has 2 aromatic rings. The second kappa shape index (κ2) is 58.6. The Balaban J connectivity index is 1.44. The first kappa shape index (κ1) is 115. The zero-order chi connectivity index (χ0) is 103. The summed E-state index contributed by atoms with van der Waals surface area (Å²) in [6.07, 6.45) is 3.73. The number of aliphatic hydroxyl groups excluding tert-OH is 3. The zero-order valence-electron chi connectivity index (χ0n) is 79.5. The Labute approximate surface area is 816 Å². The number of nitrogens with one attached hydrogen (secondary N) is 21. The highest BCUT2D eigenvalue weighted by molar-refractivity contribution is 7.99. The Hall–Kier alpha value is -12.2. The monoisotopic (exact) mass is 2010 g/mol. The molecule has 2 aromatic heterocycles. The van der Waals surface area contributed by atoms with Crippen LogP contribution in [0.1, 0.15) is 151 Å². The molecule has 55 heteroatoms. The summed E-state index contributed by atoms with van der Waals surface area (Å²) in [4.78, 5) is 294. The fourth-order valence-electron chi connectivity index (χ4n) is 15.0. The van der Waals surface area contributed by atoms with Gasteiger partial charge in [0.1, 0.15) is 90.6 Å². The van der Waals surface area contributed by atoms with Crippen molar-refractivity contribution in [3.8, 4) is 0 Å². The lowest BCUT2D eigenvalue weighted by Gasteiger charge is -2.42. The molecule has 19 amide bonds. The van der Waals surface area contributed by atoms with E-state index in [0.717, 1.165) is 42.2 Å². The number of aliphatic hydroxyl groups is 3. The van der Waals surface area contributed by atoms with Crippen molar-refractivity contribution in [2.45, 2.75) is 243 Å². The van der Waals surface area contributed by atoms with Crippen LogP contribution in [-0.2, 0) is 104 Å². The number of imidazole rings is 2. The van der Waals surface area contributed by atoms with E-state index in [1.165, 1.54) is 44.6 Å². The Morgan fingerprint density at radius 1 is 0.482 bits per heavy atom. The Morgan fingerprint density at radius 2 is 0.892 bits per heavy atom. The predicted octanol–water partition coefficient (Wildman–Crippen LogP) is -9.23. The summed E-state index contributed by atoms with van der Waals surface area (Å²) >= 11 is 2.89. The first-order chi connectivity index (χ1) is 65.9. The summed E-state index contributed by atoms with van der Waals surface area (Å²) < 4.78 is 0. The number of nitrogens with zero attached hydrogens (tertiary/aromatic N) is 6. The Bertz CT molecular complexity index is 4540. The summed E-state index contributed by atoms with van der Waals surface area (Å²) in [5.74, 6) is -21.8. The van der Waals surface area contributed by atoms with E-state index in [9.17, 15) is 102 Å². The van der Waals surface area contributed by atoms with Gasteiger partial charge >= 0.3 is 0 Å². The minimum absolute atomic E-state index is 0.00823. The molecule has 52 nitrogen and oxygen atoms in total. The fraction of sp³-hybridized carbons (Fsp3) is 0.679. The van der Waals surface area contributed by atoms with Gasteiger partial charge in [-0.05, 0) is 75.0 Å². The molecule has 0 aliphatic carbocycles. The maximum absolute atomic E-state index is 15.0. The fourth-order valence-corrected chi connectivity index (χ4v) is 17.9. The Morgan fingerprint density at radius 3 is 1.36 bits per heavy atom. The molecule has 4 fully saturated rings. The molecule has 0 unspecified atom stereocenters. The highest BCUT2D eigenvalue weighted by Crippen LogP contribution is 2.24. The van der Waals surface area contributed by atoms with Gasteiger partial charge in [0.15, 0.2) is 11.9 Å². The van der Waals surface area contributed by atoms with E-state index in [-0.39, 0.29) is 149 Å². The maximum Gasteiger partial charge on any atom is 0.257 e. The molecule has 0 saturated carbocycles. The SMILES string of the molecule is CC[C@H](C)[C@@H]1NC(=O)[C@H](CCCNC(=N)N)NC(=O)[C@@H]2CCCN2C(=O)[C@H](CC(C)C)NC(=O)[C@H](CC(C)C)NC(=O)[C@H](CO)NC(=O)[C@H](CO)NNC(=O)[C@@H]2CSCCC(=O)N3CN(CN(C3)C(=O)CCSC[C@H](NC(C)=O)C(=O)N[C@@H](C(C)C)C(=O)N[C@@H](CCCNC(=N)N)C(=O)N[C@@H](CO)C(=O)N[C@@H](Cc3c[nH]cn3)C(=O)N2)C(=O)CCSC[C@@H](C(N)=O)NC(=O)[C@H](Cc2c[nH]cn2)NC1=O. The molecule has 774 valence electrons. The van der Waals surface area contributed by atoms with Gasteiger partial charge in [-0.1, -0.05) is 61.8 Å². The van der Waals surface area contributed by atoms with Crippen LogP contribution >= 0.6 is 35.3 Å². The minimum atomic E-state index is -1.92. The van der Waals surface area contributed by atoms with Crippen molar-refractivity contribution in [3.05, 3.63) is 36.4 Å². The van der Waals surface area contributed by atoms with Crippen molar-refractivity contribution in [3.63, 3.8) is 0 Å². The molecule has 0 spiro atoms. The molecule has 6 rings (SSSR count). The molecule has 139 heavy (non-hydrogen) atoms. The number of thioether (sulfide) groups is 3. The van der Waals surface area contributed by atoms with Crippen LogP contribution in [0, 0.1) is 34.5 Å². The van der Waals surface area contributed by atoms with Crippen LogP contribution in [-0.4, -0.2) is 364 Å². The number of hydrazine groups is 1. The number of carbonyl (C=O) groups is 19. The highest BCUT2D eigenvalue weighted by Gasteiger charge is 2.44. The smallest absolute Gasteiger partial charge is 0.257 e. The molecule has 16 atom stereocenters. The number of amides is 19. The average molecular weight is 2020 g/mol. The molecule has 0 aromatic carbocycles. The van der Waals surface area contributed by atoms with Gasteiger partial charge in [0, 0.05) is 106 Å². The maximum atomic E-state index is 15.0. The highest BCUT2D eigenvalue weighted by atomic mass is 32.2. The van der Waals surface area contributed by atoms with Crippen molar-refractivity contribution in [2.75, 3.05) is 94.0 Å². The zero-order valence-corrected chi connectivity index (χ0v) is 82.0. The molecular formula is C84H138N30O22S3. The van der Waals surface area contributed by atoms with Crippen LogP contribution in [0.25, 0.3) is 0 Å².